The quantitative estimate of drug-likeness (QED) is 0.728. The van der Waals surface area contributed by atoms with Crippen molar-refractivity contribution >= 4 is 33.7 Å². The molecule has 0 radical (unpaired) electrons. The molecule has 0 aliphatic heterocycles. The summed E-state index contributed by atoms with van der Waals surface area (Å²) in [5.74, 6) is -0.739. The Bertz CT molecular complexity index is 623. The van der Waals surface area contributed by atoms with E-state index in [-0.39, 0.29) is 24.3 Å². The molecule has 106 valence electrons. The number of ether oxygens (including phenoxy) is 1. The molecule has 3 N–H and O–H groups in total. The van der Waals surface area contributed by atoms with Gasteiger partial charge in [-0.15, -0.1) is 5.10 Å². The van der Waals surface area contributed by atoms with Gasteiger partial charge in [0.1, 0.15) is 0 Å². The van der Waals surface area contributed by atoms with E-state index in [9.17, 15) is 9.59 Å². The van der Waals surface area contributed by atoms with Crippen molar-refractivity contribution in [3.8, 4) is 6.01 Å². The lowest BCUT2D eigenvalue weighted by atomic mass is 10.4. The minimum Gasteiger partial charge on any atom is -0.466 e. The fourth-order valence-electron chi connectivity index (χ4n) is 1.25. The predicted molar refractivity (Wildman–Crippen MR) is 70.3 cm³/mol. The summed E-state index contributed by atoms with van der Waals surface area (Å²) in [6.07, 6.45) is 0. The first kappa shape index (κ1) is 14.1. The molecule has 0 unspecified atom stereocenters. The van der Waals surface area contributed by atoms with Crippen LogP contribution in [0.15, 0.2) is 21.2 Å². The van der Waals surface area contributed by atoms with Crippen LogP contribution in [-0.2, 0) is 4.79 Å². The van der Waals surface area contributed by atoms with Crippen molar-refractivity contribution in [2.24, 2.45) is 0 Å². The van der Waals surface area contributed by atoms with Gasteiger partial charge in [-0.25, -0.2) is 5.10 Å². The van der Waals surface area contributed by atoms with Crippen molar-refractivity contribution < 1.29 is 18.7 Å². The average Bonchev–Trinajstić information content (AvgIpc) is 3.05. The lowest BCUT2D eigenvalue weighted by molar-refractivity contribution is -0.115. The summed E-state index contributed by atoms with van der Waals surface area (Å²) in [5.41, 5.74) is 0. The van der Waals surface area contributed by atoms with Crippen LogP contribution in [-0.4, -0.2) is 40.7 Å². The van der Waals surface area contributed by atoms with Gasteiger partial charge in [-0.1, -0.05) is 0 Å². The van der Waals surface area contributed by atoms with Crippen LogP contribution in [0, 0.1) is 0 Å². The van der Waals surface area contributed by atoms with Crippen molar-refractivity contribution in [1.29, 1.82) is 0 Å². The van der Waals surface area contributed by atoms with E-state index in [0.717, 1.165) is 0 Å². The summed E-state index contributed by atoms with van der Waals surface area (Å²) in [4.78, 5) is 27.0. The van der Waals surface area contributed by atoms with Crippen molar-refractivity contribution in [2.75, 3.05) is 19.0 Å². The molecule has 0 bridgehead atoms. The number of furan rings is 1. The summed E-state index contributed by atoms with van der Waals surface area (Å²) in [6, 6.07) is 3.17. The molecular formula is C10H10BrN5O4. The van der Waals surface area contributed by atoms with E-state index in [1.165, 1.54) is 13.2 Å². The number of amides is 2. The van der Waals surface area contributed by atoms with Gasteiger partial charge in [0, 0.05) is 0 Å². The molecule has 2 aromatic heterocycles. The van der Waals surface area contributed by atoms with Gasteiger partial charge >= 0.3 is 6.01 Å². The van der Waals surface area contributed by atoms with Crippen LogP contribution >= 0.6 is 15.9 Å². The maximum Gasteiger partial charge on any atom is 0.336 e. The van der Waals surface area contributed by atoms with Crippen LogP contribution in [0.3, 0.4) is 0 Å². The molecule has 0 spiro atoms. The van der Waals surface area contributed by atoms with E-state index in [0.29, 0.717) is 4.67 Å². The normalized spacial score (nSPS) is 10.1. The van der Waals surface area contributed by atoms with Gasteiger partial charge in [0.2, 0.25) is 11.9 Å². The van der Waals surface area contributed by atoms with Gasteiger partial charge in [-0.2, -0.15) is 4.98 Å². The van der Waals surface area contributed by atoms with E-state index in [1.54, 1.807) is 6.07 Å². The Kier molecular flexibility index (Phi) is 4.35. The Labute approximate surface area is 121 Å². The van der Waals surface area contributed by atoms with Crippen molar-refractivity contribution in [3.63, 3.8) is 0 Å². The Morgan fingerprint density at radius 3 is 2.90 bits per heavy atom. The number of nitrogens with zero attached hydrogens (tertiary/aromatic N) is 2. The maximum absolute atomic E-state index is 11.6. The second-order valence-corrected chi connectivity index (χ2v) is 4.29. The fourth-order valence-corrected chi connectivity index (χ4v) is 1.56. The molecule has 0 saturated heterocycles. The molecule has 0 aliphatic rings. The number of carbonyl (C=O) groups is 2. The largest absolute Gasteiger partial charge is 0.466 e. The van der Waals surface area contributed by atoms with E-state index in [4.69, 9.17) is 9.15 Å². The van der Waals surface area contributed by atoms with E-state index in [1.807, 2.05) is 0 Å². The number of rotatable bonds is 5. The lowest BCUT2D eigenvalue weighted by Gasteiger charge is -2.02. The minimum absolute atomic E-state index is 0.102. The number of aromatic amines is 1. The number of methoxy groups -OCH3 is 1. The Morgan fingerprint density at radius 1 is 1.50 bits per heavy atom. The first-order valence-corrected chi connectivity index (χ1v) is 6.17. The van der Waals surface area contributed by atoms with Crippen molar-refractivity contribution in [3.05, 3.63) is 22.6 Å². The van der Waals surface area contributed by atoms with E-state index < -0.39 is 11.8 Å². The first-order chi connectivity index (χ1) is 9.58. The third-order valence-electron chi connectivity index (χ3n) is 2.11. The third kappa shape index (κ3) is 3.57. The number of carbonyl (C=O) groups excluding carboxylic acids is 2. The van der Waals surface area contributed by atoms with Gasteiger partial charge < -0.3 is 14.5 Å². The van der Waals surface area contributed by atoms with Crippen LogP contribution in [0.25, 0.3) is 0 Å². The molecule has 20 heavy (non-hydrogen) atoms. The Morgan fingerprint density at radius 2 is 2.30 bits per heavy atom. The summed E-state index contributed by atoms with van der Waals surface area (Å²) in [7, 11) is 1.40. The van der Waals surface area contributed by atoms with Crippen LogP contribution < -0.4 is 15.4 Å². The van der Waals surface area contributed by atoms with Crippen molar-refractivity contribution in [1.82, 2.24) is 20.5 Å². The zero-order valence-corrected chi connectivity index (χ0v) is 11.9. The second-order valence-electron chi connectivity index (χ2n) is 3.51. The minimum atomic E-state index is -0.499. The topological polar surface area (TPSA) is 122 Å². The highest BCUT2D eigenvalue weighted by Gasteiger charge is 2.13. The molecule has 2 rings (SSSR count). The van der Waals surface area contributed by atoms with Crippen molar-refractivity contribution in [2.45, 2.75) is 0 Å². The molecule has 2 heterocycles. The number of nitrogens with one attached hydrogen (secondary N) is 3. The average molecular weight is 344 g/mol. The molecule has 0 aromatic carbocycles. The molecule has 0 aliphatic carbocycles. The molecule has 2 aromatic rings. The standard InChI is InChI=1S/C10H10BrN5O4/c1-19-10-14-9(15-16-10)13-7(17)4-12-8(18)5-2-3-6(11)20-5/h2-3H,4H2,1H3,(H,12,18)(H2,13,14,15,16,17). The van der Waals surface area contributed by atoms with Crippen LogP contribution in [0.4, 0.5) is 5.95 Å². The smallest absolute Gasteiger partial charge is 0.336 e. The predicted octanol–water partition coefficient (Wildman–Crippen LogP) is 0.537. The van der Waals surface area contributed by atoms with Gasteiger partial charge in [0.25, 0.3) is 5.91 Å². The highest BCUT2D eigenvalue weighted by Crippen LogP contribution is 2.13. The lowest BCUT2D eigenvalue weighted by Crippen LogP contribution is -2.32. The Balaban J connectivity index is 1.81. The number of hydrogen-bond donors (Lipinski definition) is 3. The summed E-state index contributed by atoms with van der Waals surface area (Å²) in [6.45, 7) is -0.236. The van der Waals surface area contributed by atoms with Gasteiger partial charge in [-0.05, 0) is 28.1 Å². The fraction of sp³-hybridized carbons (Fsp3) is 0.200. The highest BCUT2D eigenvalue weighted by molar-refractivity contribution is 9.10. The summed E-state index contributed by atoms with van der Waals surface area (Å²) in [5, 5.41) is 10.9. The number of halogens is 1. The zero-order valence-electron chi connectivity index (χ0n) is 10.3. The number of aromatic nitrogens is 3. The zero-order chi connectivity index (χ0) is 14.5. The van der Waals surface area contributed by atoms with Crippen LogP contribution in [0.5, 0.6) is 6.01 Å². The summed E-state index contributed by atoms with van der Waals surface area (Å²) >= 11 is 3.08. The number of H-pyrrole nitrogens is 1. The van der Waals surface area contributed by atoms with Crippen LogP contribution in [0.2, 0.25) is 0 Å². The molecule has 0 fully saturated rings. The second kappa shape index (κ2) is 6.19. The first-order valence-electron chi connectivity index (χ1n) is 5.38. The van der Waals surface area contributed by atoms with Gasteiger partial charge in [-0.3, -0.25) is 14.9 Å². The molecule has 0 saturated carbocycles. The van der Waals surface area contributed by atoms with Gasteiger partial charge in [0.05, 0.1) is 13.7 Å². The van der Waals surface area contributed by atoms with Gasteiger partial charge in [0.15, 0.2) is 10.4 Å². The number of anilines is 1. The molecule has 2 amide bonds. The van der Waals surface area contributed by atoms with E-state index >= 15 is 0 Å². The van der Waals surface area contributed by atoms with E-state index in [2.05, 4.69) is 41.7 Å². The Hall–Kier alpha value is -2.36. The summed E-state index contributed by atoms with van der Waals surface area (Å²) < 4.78 is 10.2. The SMILES string of the molecule is COc1n[nH]c(NC(=O)CNC(=O)c2ccc(Br)o2)n1. The molecule has 0 atom stereocenters. The molecule has 10 heteroatoms. The number of hydrogen-bond acceptors (Lipinski definition) is 6. The highest BCUT2D eigenvalue weighted by atomic mass is 79.9. The maximum atomic E-state index is 11.6. The van der Waals surface area contributed by atoms with Crippen LogP contribution in [0.1, 0.15) is 10.6 Å². The monoisotopic (exact) mass is 343 g/mol. The molecule has 9 nitrogen and oxygen atoms in total. The third-order valence-corrected chi connectivity index (χ3v) is 2.54. The molecular weight excluding hydrogens is 334 g/mol.